The molecule has 4 heteroatoms. The fourth-order valence-corrected chi connectivity index (χ4v) is 1.73. The molecule has 86 valence electrons. The molecule has 2 aromatic rings. The van der Waals surface area contributed by atoms with Gasteiger partial charge in [0.15, 0.2) is 0 Å². The summed E-state index contributed by atoms with van der Waals surface area (Å²) in [4.78, 5) is 4.23. The predicted molar refractivity (Wildman–Crippen MR) is 70.9 cm³/mol. The van der Waals surface area contributed by atoms with Crippen molar-refractivity contribution in [3.05, 3.63) is 64.4 Å². The van der Waals surface area contributed by atoms with Crippen LogP contribution in [0.2, 0.25) is 0 Å². The average Bonchev–Trinajstić information content (AvgIpc) is 2.35. The predicted octanol–water partition coefficient (Wildman–Crippen LogP) is 3.63. The van der Waals surface area contributed by atoms with Gasteiger partial charge in [-0.1, -0.05) is 30.3 Å². The number of aliphatic imine (C=N–C) groups is 1. The maximum absolute atomic E-state index is 13.0. The van der Waals surface area contributed by atoms with E-state index in [1.165, 1.54) is 6.07 Å². The molecule has 2 N–H and O–H groups in total. The van der Waals surface area contributed by atoms with Crippen LogP contribution in [0.25, 0.3) is 0 Å². The third-order valence-electron chi connectivity index (χ3n) is 2.22. The molecule has 0 saturated heterocycles. The number of amidine groups is 1. The van der Waals surface area contributed by atoms with Crippen LogP contribution in [0.1, 0.15) is 5.56 Å². The maximum atomic E-state index is 13.0. The van der Waals surface area contributed by atoms with Gasteiger partial charge in [0.05, 0.1) is 10.2 Å². The molecule has 0 aliphatic heterocycles. The first kappa shape index (κ1) is 11.8. The highest BCUT2D eigenvalue weighted by molar-refractivity contribution is 9.10. The summed E-state index contributed by atoms with van der Waals surface area (Å²) in [5.41, 5.74) is 7.31. The van der Waals surface area contributed by atoms with Gasteiger partial charge in [-0.25, -0.2) is 9.38 Å². The number of rotatable bonds is 2. The average molecular weight is 293 g/mol. The number of nitrogens with two attached hydrogens (primary N) is 1. The van der Waals surface area contributed by atoms with E-state index in [2.05, 4.69) is 20.9 Å². The molecule has 0 radical (unpaired) electrons. The molecule has 0 aliphatic carbocycles. The normalized spacial score (nSPS) is 11.5. The molecule has 0 unspecified atom stereocenters. The van der Waals surface area contributed by atoms with E-state index in [0.717, 1.165) is 5.56 Å². The van der Waals surface area contributed by atoms with E-state index >= 15 is 0 Å². The summed E-state index contributed by atoms with van der Waals surface area (Å²) in [6.45, 7) is 0. The monoisotopic (exact) mass is 292 g/mol. The lowest BCUT2D eigenvalue weighted by molar-refractivity contribution is 0.621. The molecular weight excluding hydrogens is 283 g/mol. The van der Waals surface area contributed by atoms with Gasteiger partial charge in [-0.05, 0) is 34.1 Å². The summed E-state index contributed by atoms with van der Waals surface area (Å²) in [6, 6.07) is 13.9. The SMILES string of the molecule is NC(=Nc1ccc(F)c(Br)c1)c1ccccc1. The molecule has 0 fully saturated rings. The Hall–Kier alpha value is -1.68. The second-order valence-corrected chi connectivity index (χ2v) is 4.32. The maximum Gasteiger partial charge on any atom is 0.137 e. The van der Waals surface area contributed by atoms with Crippen molar-refractivity contribution in [1.82, 2.24) is 0 Å². The Morgan fingerprint density at radius 1 is 1.12 bits per heavy atom. The standard InChI is InChI=1S/C13H10BrFN2/c14-11-8-10(6-7-12(11)15)17-13(16)9-4-2-1-3-5-9/h1-8H,(H2,16,17). The van der Waals surface area contributed by atoms with Gasteiger partial charge in [0.1, 0.15) is 11.7 Å². The lowest BCUT2D eigenvalue weighted by Crippen LogP contribution is -2.12. The largest absolute Gasteiger partial charge is 0.383 e. The van der Waals surface area contributed by atoms with Crippen molar-refractivity contribution in [1.29, 1.82) is 0 Å². The Morgan fingerprint density at radius 2 is 1.82 bits per heavy atom. The van der Waals surface area contributed by atoms with Crippen LogP contribution in [0.5, 0.6) is 0 Å². The topological polar surface area (TPSA) is 38.4 Å². The van der Waals surface area contributed by atoms with Crippen LogP contribution in [0.3, 0.4) is 0 Å². The van der Waals surface area contributed by atoms with Gasteiger partial charge in [-0.2, -0.15) is 0 Å². The van der Waals surface area contributed by atoms with Crippen LogP contribution in [0.15, 0.2) is 58.0 Å². The molecule has 2 aromatic carbocycles. The third-order valence-corrected chi connectivity index (χ3v) is 2.83. The summed E-state index contributed by atoms with van der Waals surface area (Å²) in [7, 11) is 0. The van der Waals surface area contributed by atoms with Crippen molar-refractivity contribution in [3.63, 3.8) is 0 Å². The first-order chi connectivity index (χ1) is 8.16. The van der Waals surface area contributed by atoms with Crippen LogP contribution in [0, 0.1) is 5.82 Å². The van der Waals surface area contributed by atoms with E-state index in [9.17, 15) is 4.39 Å². The zero-order valence-corrected chi connectivity index (χ0v) is 10.5. The molecule has 0 aromatic heterocycles. The molecule has 0 atom stereocenters. The van der Waals surface area contributed by atoms with Crippen molar-refractivity contribution in [2.45, 2.75) is 0 Å². The Morgan fingerprint density at radius 3 is 2.47 bits per heavy atom. The van der Waals surface area contributed by atoms with Gasteiger partial charge in [-0.3, -0.25) is 0 Å². The van der Waals surface area contributed by atoms with Crippen LogP contribution in [-0.4, -0.2) is 5.84 Å². The van der Waals surface area contributed by atoms with Gasteiger partial charge in [0, 0.05) is 5.56 Å². The van der Waals surface area contributed by atoms with E-state index in [-0.39, 0.29) is 5.82 Å². The van der Waals surface area contributed by atoms with Gasteiger partial charge in [0.25, 0.3) is 0 Å². The Kier molecular flexibility index (Phi) is 3.54. The number of nitrogens with zero attached hydrogens (tertiary/aromatic N) is 1. The van der Waals surface area contributed by atoms with Crippen molar-refractivity contribution < 1.29 is 4.39 Å². The van der Waals surface area contributed by atoms with Gasteiger partial charge in [0.2, 0.25) is 0 Å². The van der Waals surface area contributed by atoms with Crippen molar-refractivity contribution in [2.75, 3.05) is 0 Å². The molecule has 2 rings (SSSR count). The molecule has 0 bridgehead atoms. The highest BCUT2D eigenvalue weighted by atomic mass is 79.9. The van der Waals surface area contributed by atoms with E-state index in [4.69, 9.17) is 5.73 Å². The summed E-state index contributed by atoms with van der Waals surface area (Å²) in [5, 5.41) is 0. The summed E-state index contributed by atoms with van der Waals surface area (Å²) < 4.78 is 13.4. The molecule has 0 heterocycles. The van der Waals surface area contributed by atoms with E-state index in [0.29, 0.717) is 16.0 Å². The highest BCUT2D eigenvalue weighted by Gasteiger charge is 2.01. The van der Waals surface area contributed by atoms with Gasteiger partial charge in [-0.15, -0.1) is 0 Å². The first-order valence-corrected chi connectivity index (χ1v) is 5.81. The minimum Gasteiger partial charge on any atom is -0.383 e. The Labute approximate surface area is 107 Å². The van der Waals surface area contributed by atoms with E-state index in [1.807, 2.05) is 30.3 Å². The molecular formula is C13H10BrFN2. The Balaban J connectivity index is 2.33. The quantitative estimate of drug-likeness (QED) is 0.666. The van der Waals surface area contributed by atoms with Gasteiger partial charge >= 0.3 is 0 Å². The minimum atomic E-state index is -0.317. The number of hydrogen-bond donors (Lipinski definition) is 1. The first-order valence-electron chi connectivity index (χ1n) is 5.01. The third kappa shape index (κ3) is 2.91. The molecule has 0 aliphatic rings. The summed E-state index contributed by atoms with van der Waals surface area (Å²) in [5.74, 6) is 0.0892. The molecule has 0 spiro atoms. The number of benzene rings is 2. The lowest BCUT2D eigenvalue weighted by Gasteiger charge is -2.01. The van der Waals surface area contributed by atoms with E-state index in [1.54, 1.807) is 12.1 Å². The zero-order valence-electron chi connectivity index (χ0n) is 8.90. The van der Waals surface area contributed by atoms with Crippen LogP contribution in [-0.2, 0) is 0 Å². The Bertz CT molecular complexity index is 553. The second-order valence-electron chi connectivity index (χ2n) is 3.46. The summed E-state index contributed by atoms with van der Waals surface area (Å²) in [6.07, 6.45) is 0. The van der Waals surface area contributed by atoms with Crippen LogP contribution >= 0.6 is 15.9 Å². The van der Waals surface area contributed by atoms with Crippen molar-refractivity contribution in [3.8, 4) is 0 Å². The molecule has 0 amide bonds. The number of hydrogen-bond acceptors (Lipinski definition) is 1. The molecule has 0 saturated carbocycles. The van der Waals surface area contributed by atoms with Gasteiger partial charge < -0.3 is 5.73 Å². The zero-order chi connectivity index (χ0) is 12.3. The fourth-order valence-electron chi connectivity index (χ4n) is 1.37. The number of halogens is 2. The smallest absolute Gasteiger partial charge is 0.137 e. The highest BCUT2D eigenvalue weighted by Crippen LogP contribution is 2.22. The van der Waals surface area contributed by atoms with Crippen LogP contribution in [0.4, 0.5) is 10.1 Å². The minimum absolute atomic E-state index is 0.317. The molecule has 17 heavy (non-hydrogen) atoms. The molecule has 2 nitrogen and oxygen atoms in total. The van der Waals surface area contributed by atoms with Crippen molar-refractivity contribution >= 4 is 27.5 Å². The van der Waals surface area contributed by atoms with Crippen LogP contribution < -0.4 is 5.73 Å². The second kappa shape index (κ2) is 5.10. The fraction of sp³-hybridized carbons (Fsp3) is 0. The van der Waals surface area contributed by atoms with E-state index < -0.39 is 0 Å². The van der Waals surface area contributed by atoms with Crippen molar-refractivity contribution in [2.24, 2.45) is 10.7 Å². The summed E-state index contributed by atoms with van der Waals surface area (Å²) >= 11 is 3.11. The lowest BCUT2D eigenvalue weighted by atomic mass is 10.2.